The molecule has 0 aromatic rings. The van der Waals surface area contributed by atoms with Crippen LogP contribution in [-0.2, 0) is 9.59 Å². The van der Waals surface area contributed by atoms with Crippen LogP contribution in [0.1, 0.15) is 13.8 Å². The molecule has 2 amide bonds. The summed E-state index contributed by atoms with van der Waals surface area (Å²) in [5, 5.41) is 5.67. The molecule has 2 N–H and O–H groups in total. The fraction of sp³-hybridized carbons (Fsp3) is 0.800. The fourth-order valence-electron chi connectivity index (χ4n) is 1.82. The van der Waals surface area contributed by atoms with Gasteiger partial charge in [-0.3, -0.25) is 9.59 Å². The lowest BCUT2D eigenvalue weighted by molar-refractivity contribution is -0.144. The van der Waals surface area contributed by atoms with Crippen molar-refractivity contribution in [1.82, 2.24) is 15.5 Å². The summed E-state index contributed by atoms with van der Waals surface area (Å²) in [5.74, 6) is 0.299. The molecule has 86 valence electrons. The predicted octanol–water partition coefficient (Wildman–Crippen LogP) is -0.811. The first kappa shape index (κ1) is 12.0. The highest BCUT2D eigenvalue weighted by atomic mass is 16.2. The normalized spacial score (nSPS) is 23.9. The van der Waals surface area contributed by atoms with Crippen LogP contribution in [0.5, 0.6) is 0 Å². The van der Waals surface area contributed by atoms with Crippen LogP contribution in [-0.4, -0.2) is 49.4 Å². The fourth-order valence-corrected chi connectivity index (χ4v) is 1.82. The number of hydrogen-bond donors (Lipinski definition) is 2. The van der Waals surface area contributed by atoms with E-state index in [2.05, 4.69) is 17.6 Å². The van der Waals surface area contributed by atoms with Gasteiger partial charge in [0.2, 0.25) is 11.8 Å². The van der Waals surface area contributed by atoms with Gasteiger partial charge >= 0.3 is 0 Å². The van der Waals surface area contributed by atoms with Crippen molar-refractivity contribution in [3.8, 4) is 0 Å². The maximum absolute atomic E-state index is 11.7. The average Bonchev–Trinajstić information content (AvgIpc) is 2.13. The highest BCUT2D eigenvalue weighted by Crippen LogP contribution is 2.05. The Bertz CT molecular complexity index is 255. The van der Waals surface area contributed by atoms with Gasteiger partial charge in [-0.2, -0.15) is 0 Å². The number of nitrogens with one attached hydrogen (secondary N) is 2. The molecule has 1 fully saturated rings. The van der Waals surface area contributed by atoms with Crippen molar-refractivity contribution in [2.24, 2.45) is 5.92 Å². The second-order valence-electron chi connectivity index (χ2n) is 4.17. The van der Waals surface area contributed by atoms with Gasteiger partial charge in [0.1, 0.15) is 6.04 Å². The van der Waals surface area contributed by atoms with Crippen molar-refractivity contribution in [2.75, 3.05) is 26.7 Å². The molecular weight excluding hydrogens is 194 g/mol. The van der Waals surface area contributed by atoms with Gasteiger partial charge in [-0.15, -0.1) is 0 Å². The van der Waals surface area contributed by atoms with E-state index in [9.17, 15) is 9.59 Å². The number of piperazine rings is 1. The van der Waals surface area contributed by atoms with E-state index in [-0.39, 0.29) is 24.4 Å². The van der Waals surface area contributed by atoms with Crippen molar-refractivity contribution < 1.29 is 9.59 Å². The first-order chi connectivity index (χ1) is 7.04. The number of amides is 2. The van der Waals surface area contributed by atoms with Crippen LogP contribution >= 0.6 is 0 Å². The zero-order valence-electron chi connectivity index (χ0n) is 9.54. The van der Waals surface area contributed by atoms with E-state index < -0.39 is 0 Å². The van der Waals surface area contributed by atoms with Crippen molar-refractivity contribution >= 4 is 11.8 Å². The Hall–Kier alpha value is -1.10. The third kappa shape index (κ3) is 3.20. The van der Waals surface area contributed by atoms with Crippen LogP contribution in [0.4, 0.5) is 0 Å². The first-order valence-corrected chi connectivity index (χ1v) is 5.27. The van der Waals surface area contributed by atoms with E-state index in [1.165, 1.54) is 0 Å². The molecule has 0 radical (unpaired) electrons. The van der Waals surface area contributed by atoms with E-state index in [1.807, 2.05) is 7.05 Å². The second-order valence-corrected chi connectivity index (χ2v) is 4.17. The Morgan fingerprint density at radius 1 is 1.60 bits per heavy atom. The molecule has 2 atom stereocenters. The molecule has 0 aromatic heterocycles. The molecule has 5 heteroatoms. The molecule has 0 bridgehead atoms. The average molecular weight is 213 g/mol. The first-order valence-electron chi connectivity index (χ1n) is 5.27. The molecule has 1 rings (SSSR count). The summed E-state index contributed by atoms with van der Waals surface area (Å²) in [6.45, 7) is 5.45. The molecule has 15 heavy (non-hydrogen) atoms. The van der Waals surface area contributed by atoms with Gasteiger partial charge in [-0.05, 0) is 26.4 Å². The standard InChI is InChI=1S/C10H19N3O2/c1-7(4-11-3)5-13-6-9(14)12-8(2)10(13)15/h7-8,11H,4-6H2,1-3H3,(H,12,14). The van der Waals surface area contributed by atoms with Crippen LogP contribution < -0.4 is 10.6 Å². The Kier molecular flexibility index (Phi) is 4.08. The number of nitrogens with zero attached hydrogens (tertiary/aromatic N) is 1. The molecule has 1 aliphatic heterocycles. The highest BCUT2D eigenvalue weighted by molar-refractivity contribution is 5.94. The van der Waals surface area contributed by atoms with E-state index in [0.717, 1.165) is 6.54 Å². The van der Waals surface area contributed by atoms with Crippen LogP contribution in [0.3, 0.4) is 0 Å². The van der Waals surface area contributed by atoms with Crippen molar-refractivity contribution in [1.29, 1.82) is 0 Å². The minimum absolute atomic E-state index is 0.0116. The second kappa shape index (κ2) is 5.11. The third-order valence-corrected chi connectivity index (χ3v) is 2.48. The topological polar surface area (TPSA) is 61.4 Å². The van der Waals surface area contributed by atoms with Gasteiger partial charge in [0.25, 0.3) is 0 Å². The lowest BCUT2D eigenvalue weighted by Gasteiger charge is -2.32. The summed E-state index contributed by atoms with van der Waals surface area (Å²) in [5.41, 5.74) is 0. The minimum atomic E-state index is -0.381. The molecule has 1 saturated heterocycles. The monoisotopic (exact) mass is 213 g/mol. The summed E-state index contributed by atoms with van der Waals surface area (Å²) < 4.78 is 0. The smallest absolute Gasteiger partial charge is 0.245 e. The SMILES string of the molecule is CNCC(C)CN1CC(=O)NC(C)C1=O. The van der Waals surface area contributed by atoms with Gasteiger partial charge in [-0.1, -0.05) is 6.92 Å². The molecule has 0 aromatic carbocycles. The van der Waals surface area contributed by atoms with E-state index in [0.29, 0.717) is 12.5 Å². The van der Waals surface area contributed by atoms with Gasteiger partial charge in [0.05, 0.1) is 6.54 Å². The van der Waals surface area contributed by atoms with Crippen molar-refractivity contribution in [3.05, 3.63) is 0 Å². The molecule has 0 saturated carbocycles. The van der Waals surface area contributed by atoms with E-state index in [1.54, 1.807) is 11.8 Å². The quantitative estimate of drug-likeness (QED) is 0.642. The van der Waals surface area contributed by atoms with Gasteiger partial charge in [-0.25, -0.2) is 0 Å². The van der Waals surface area contributed by atoms with Crippen LogP contribution in [0.2, 0.25) is 0 Å². The Morgan fingerprint density at radius 2 is 2.27 bits per heavy atom. The molecular formula is C10H19N3O2. The number of hydrogen-bond acceptors (Lipinski definition) is 3. The van der Waals surface area contributed by atoms with Crippen LogP contribution in [0, 0.1) is 5.92 Å². The molecule has 1 heterocycles. The zero-order chi connectivity index (χ0) is 11.4. The summed E-state index contributed by atoms with van der Waals surface area (Å²) >= 11 is 0. The zero-order valence-corrected chi connectivity index (χ0v) is 9.54. The molecule has 0 spiro atoms. The lowest BCUT2D eigenvalue weighted by atomic mass is 10.1. The predicted molar refractivity (Wildman–Crippen MR) is 57.3 cm³/mol. The van der Waals surface area contributed by atoms with Crippen molar-refractivity contribution in [3.63, 3.8) is 0 Å². The number of carbonyl (C=O) groups is 2. The Morgan fingerprint density at radius 3 is 2.87 bits per heavy atom. The molecule has 0 aliphatic carbocycles. The minimum Gasteiger partial charge on any atom is -0.343 e. The lowest BCUT2D eigenvalue weighted by Crippen LogP contribution is -2.57. The largest absolute Gasteiger partial charge is 0.343 e. The van der Waals surface area contributed by atoms with Crippen molar-refractivity contribution in [2.45, 2.75) is 19.9 Å². The highest BCUT2D eigenvalue weighted by Gasteiger charge is 2.29. The van der Waals surface area contributed by atoms with Gasteiger partial charge in [0, 0.05) is 6.54 Å². The number of rotatable bonds is 4. The Balaban J connectivity index is 2.52. The van der Waals surface area contributed by atoms with E-state index >= 15 is 0 Å². The van der Waals surface area contributed by atoms with Crippen LogP contribution in [0.25, 0.3) is 0 Å². The number of carbonyl (C=O) groups excluding carboxylic acids is 2. The Labute approximate surface area is 90.2 Å². The van der Waals surface area contributed by atoms with E-state index in [4.69, 9.17) is 0 Å². The summed E-state index contributed by atoms with van der Waals surface area (Å²) in [6, 6.07) is -0.381. The summed E-state index contributed by atoms with van der Waals surface area (Å²) in [4.78, 5) is 24.6. The van der Waals surface area contributed by atoms with Gasteiger partial charge in [0.15, 0.2) is 0 Å². The summed E-state index contributed by atoms with van der Waals surface area (Å²) in [7, 11) is 1.88. The third-order valence-electron chi connectivity index (χ3n) is 2.48. The molecule has 1 aliphatic rings. The maximum atomic E-state index is 11.7. The summed E-state index contributed by atoms with van der Waals surface area (Å²) in [6.07, 6.45) is 0. The molecule has 5 nitrogen and oxygen atoms in total. The molecule has 2 unspecified atom stereocenters. The van der Waals surface area contributed by atoms with Crippen LogP contribution in [0.15, 0.2) is 0 Å². The van der Waals surface area contributed by atoms with Gasteiger partial charge < -0.3 is 15.5 Å². The maximum Gasteiger partial charge on any atom is 0.245 e.